The summed E-state index contributed by atoms with van der Waals surface area (Å²) in [6, 6.07) is 0. The van der Waals surface area contributed by atoms with E-state index in [-0.39, 0.29) is 5.70 Å². The highest BCUT2D eigenvalue weighted by Crippen LogP contribution is 2.40. The van der Waals surface area contributed by atoms with Crippen LogP contribution in [0.3, 0.4) is 0 Å². The Morgan fingerprint density at radius 1 is 1.10 bits per heavy atom. The lowest BCUT2D eigenvalue weighted by Crippen LogP contribution is -2.53. The van der Waals surface area contributed by atoms with Crippen molar-refractivity contribution in [2.75, 3.05) is 14.2 Å². The summed E-state index contributed by atoms with van der Waals surface area (Å²) in [6.45, 7) is 9.23. The summed E-state index contributed by atoms with van der Waals surface area (Å²) in [7, 11) is 2.29. The van der Waals surface area contributed by atoms with Crippen molar-refractivity contribution in [1.82, 2.24) is 4.90 Å². The molecule has 1 rings (SSSR count). The van der Waals surface area contributed by atoms with Gasteiger partial charge >= 0.3 is 11.9 Å². The summed E-state index contributed by atoms with van der Waals surface area (Å²) in [5.74, 6) is -2.15. The van der Waals surface area contributed by atoms with Crippen LogP contribution in [0.15, 0.2) is 16.4 Å². The minimum Gasteiger partial charge on any atom is -0.500 e. The number of carbonyl (C=O) groups is 2. The largest absolute Gasteiger partial charge is 0.500 e. The van der Waals surface area contributed by atoms with E-state index < -0.39 is 28.8 Å². The highest BCUT2D eigenvalue weighted by molar-refractivity contribution is 6.02. The molecular weight excluding hydrogens is 276 g/mol. The summed E-state index contributed by atoms with van der Waals surface area (Å²) in [6.07, 6.45) is 0. The molecule has 118 valence electrons. The first kappa shape index (κ1) is 17.0. The predicted molar refractivity (Wildman–Crippen MR) is 76.8 cm³/mol. The maximum atomic E-state index is 12.1. The van der Waals surface area contributed by atoms with E-state index in [1.165, 1.54) is 12.0 Å². The molecule has 0 saturated heterocycles. The topological polar surface area (TPSA) is 88.4 Å². The molecule has 1 aliphatic rings. The zero-order valence-electron chi connectivity index (χ0n) is 13.5. The molecule has 0 radical (unpaired) electrons. The fourth-order valence-electron chi connectivity index (χ4n) is 2.29. The Hall–Kier alpha value is -2.05. The van der Waals surface area contributed by atoms with Crippen LogP contribution >= 0.6 is 0 Å². The van der Waals surface area contributed by atoms with Gasteiger partial charge in [0.05, 0.1) is 25.3 Å². The summed E-state index contributed by atoms with van der Waals surface area (Å²) in [5, 5.41) is 10.1. The number of methoxy groups -OCH3 is 2. The lowest BCUT2D eigenvalue weighted by Gasteiger charge is -2.41. The number of esters is 2. The molecule has 0 unspecified atom stereocenters. The van der Waals surface area contributed by atoms with Crippen molar-refractivity contribution in [1.29, 1.82) is 0 Å². The van der Waals surface area contributed by atoms with Crippen LogP contribution < -0.4 is 0 Å². The quantitative estimate of drug-likeness (QED) is 0.481. The molecule has 7 nitrogen and oxygen atoms in total. The fraction of sp³-hybridized carbons (Fsp3) is 0.643. The second-order valence-electron chi connectivity index (χ2n) is 5.79. The molecule has 0 atom stereocenters. The van der Waals surface area contributed by atoms with Crippen LogP contribution in [-0.4, -0.2) is 53.1 Å². The van der Waals surface area contributed by atoms with E-state index in [1.54, 1.807) is 6.92 Å². The Kier molecular flexibility index (Phi) is 4.36. The number of aliphatic hydroxyl groups excluding tert-OH is 1. The number of ether oxygens (including phenoxy) is 2. The van der Waals surface area contributed by atoms with Gasteiger partial charge in [0.2, 0.25) is 5.76 Å². The summed E-state index contributed by atoms with van der Waals surface area (Å²) >= 11 is 0. The number of aliphatic hydroxyl groups is 1. The summed E-state index contributed by atoms with van der Waals surface area (Å²) in [5.41, 5.74) is -1.45. The predicted octanol–water partition coefficient (Wildman–Crippen LogP) is 1.39. The van der Waals surface area contributed by atoms with Crippen molar-refractivity contribution in [2.24, 2.45) is 4.99 Å². The monoisotopic (exact) mass is 298 g/mol. The van der Waals surface area contributed by atoms with E-state index in [0.717, 1.165) is 7.11 Å². The number of hydrogen-bond donors (Lipinski definition) is 1. The molecule has 0 spiro atoms. The minimum atomic E-state index is -1.01. The number of rotatable bonds is 3. The third-order valence-electron chi connectivity index (χ3n) is 4.03. The van der Waals surface area contributed by atoms with Gasteiger partial charge in [0.15, 0.2) is 5.70 Å². The van der Waals surface area contributed by atoms with Crippen LogP contribution in [0, 0.1) is 0 Å². The highest BCUT2D eigenvalue weighted by atomic mass is 16.5. The molecule has 1 N–H and O–H groups in total. The first-order valence-electron chi connectivity index (χ1n) is 6.47. The van der Waals surface area contributed by atoms with E-state index in [1.807, 2.05) is 27.7 Å². The van der Waals surface area contributed by atoms with Crippen molar-refractivity contribution in [3.8, 4) is 0 Å². The van der Waals surface area contributed by atoms with Crippen molar-refractivity contribution in [3.63, 3.8) is 0 Å². The molecule has 0 aromatic heterocycles. The van der Waals surface area contributed by atoms with Crippen LogP contribution in [0.5, 0.6) is 0 Å². The first-order valence-corrected chi connectivity index (χ1v) is 6.47. The standard InChI is InChI=1S/C14H22N2O5/c1-8-15-13(2,3)14(4,5)16(8)9(11(18)20-6)10(17)12(19)21-7/h17H,1-7H3/b10-9-. The molecule has 0 amide bonds. The zero-order chi connectivity index (χ0) is 16.6. The zero-order valence-corrected chi connectivity index (χ0v) is 13.5. The van der Waals surface area contributed by atoms with Gasteiger partial charge in [-0.25, -0.2) is 9.59 Å². The van der Waals surface area contributed by atoms with E-state index in [0.29, 0.717) is 5.84 Å². The third kappa shape index (κ3) is 2.59. The SMILES string of the molecule is COC(=O)/C(O)=C(\C(=O)OC)N1C(C)=NC(C)(C)C1(C)C. The highest BCUT2D eigenvalue weighted by Gasteiger charge is 2.51. The molecule has 0 saturated carbocycles. The molecule has 0 fully saturated rings. The van der Waals surface area contributed by atoms with Gasteiger partial charge in [-0.1, -0.05) is 0 Å². The van der Waals surface area contributed by atoms with Crippen LogP contribution in [-0.2, 0) is 19.1 Å². The Balaban J connectivity index is 3.53. The molecule has 1 heterocycles. The van der Waals surface area contributed by atoms with Gasteiger partial charge in [-0.3, -0.25) is 4.99 Å². The van der Waals surface area contributed by atoms with Gasteiger partial charge in [-0.15, -0.1) is 0 Å². The second-order valence-corrected chi connectivity index (χ2v) is 5.79. The Bertz CT molecular complexity index is 531. The average Bonchev–Trinajstić information content (AvgIpc) is 2.55. The summed E-state index contributed by atoms with van der Waals surface area (Å²) < 4.78 is 9.17. The molecular formula is C14H22N2O5. The van der Waals surface area contributed by atoms with E-state index in [4.69, 9.17) is 0 Å². The molecule has 0 aromatic rings. The van der Waals surface area contributed by atoms with Crippen molar-refractivity contribution in [3.05, 3.63) is 11.5 Å². The van der Waals surface area contributed by atoms with Gasteiger partial charge in [0.1, 0.15) is 5.84 Å². The van der Waals surface area contributed by atoms with Crippen molar-refractivity contribution >= 4 is 17.8 Å². The molecule has 0 aromatic carbocycles. The van der Waals surface area contributed by atoms with Crippen molar-refractivity contribution in [2.45, 2.75) is 45.7 Å². The van der Waals surface area contributed by atoms with Crippen LogP contribution in [0.1, 0.15) is 34.6 Å². The van der Waals surface area contributed by atoms with Gasteiger partial charge in [-0.2, -0.15) is 0 Å². The molecule has 1 aliphatic heterocycles. The second kappa shape index (κ2) is 5.38. The normalized spacial score (nSPS) is 20.5. The summed E-state index contributed by atoms with van der Waals surface area (Å²) in [4.78, 5) is 29.7. The number of aliphatic imine (C=N–C) groups is 1. The lowest BCUT2D eigenvalue weighted by atomic mass is 9.83. The average molecular weight is 298 g/mol. The number of hydrogen-bond acceptors (Lipinski definition) is 7. The van der Waals surface area contributed by atoms with Crippen LogP contribution in [0.2, 0.25) is 0 Å². The maximum Gasteiger partial charge on any atom is 0.375 e. The lowest BCUT2D eigenvalue weighted by molar-refractivity contribution is -0.143. The maximum absolute atomic E-state index is 12.1. The van der Waals surface area contributed by atoms with Crippen LogP contribution in [0.4, 0.5) is 0 Å². The number of amidine groups is 1. The molecule has 7 heteroatoms. The first-order chi connectivity index (χ1) is 9.51. The Morgan fingerprint density at radius 2 is 1.57 bits per heavy atom. The van der Waals surface area contributed by atoms with Gasteiger partial charge < -0.3 is 19.5 Å². The fourth-order valence-corrected chi connectivity index (χ4v) is 2.29. The smallest absolute Gasteiger partial charge is 0.375 e. The Labute approximate surface area is 124 Å². The van der Waals surface area contributed by atoms with Crippen molar-refractivity contribution < 1.29 is 24.2 Å². The number of carbonyl (C=O) groups excluding carboxylic acids is 2. The Morgan fingerprint density at radius 3 is 1.90 bits per heavy atom. The van der Waals surface area contributed by atoms with Gasteiger partial charge in [0.25, 0.3) is 0 Å². The van der Waals surface area contributed by atoms with E-state index >= 15 is 0 Å². The molecule has 0 bridgehead atoms. The van der Waals surface area contributed by atoms with Crippen LogP contribution in [0.25, 0.3) is 0 Å². The minimum absolute atomic E-state index is 0.277. The van der Waals surface area contributed by atoms with Gasteiger partial charge in [-0.05, 0) is 34.6 Å². The molecule has 0 aliphatic carbocycles. The van der Waals surface area contributed by atoms with Gasteiger partial charge in [0, 0.05) is 0 Å². The third-order valence-corrected chi connectivity index (χ3v) is 4.03. The number of nitrogens with zero attached hydrogens (tertiary/aromatic N) is 2. The van der Waals surface area contributed by atoms with E-state index in [2.05, 4.69) is 14.5 Å². The molecule has 21 heavy (non-hydrogen) atoms. The van der Waals surface area contributed by atoms with E-state index in [9.17, 15) is 14.7 Å².